The van der Waals surface area contributed by atoms with Crippen LogP contribution in [-0.2, 0) is 37.7 Å². The molecule has 3 aromatic carbocycles. The smallest absolute Gasteiger partial charge is 0.268 e. The number of hydrogen-bond acceptors (Lipinski definition) is 10. The number of ether oxygens (including phenoxy) is 1. The summed E-state index contributed by atoms with van der Waals surface area (Å²) in [5, 5.41) is 64.7. The lowest BCUT2D eigenvalue weighted by Crippen LogP contribution is -2.60. The fourth-order valence-corrected chi connectivity index (χ4v) is 6.75. The van der Waals surface area contributed by atoms with Crippen molar-refractivity contribution in [3.63, 3.8) is 0 Å². The van der Waals surface area contributed by atoms with E-state index in [0.717, 1.165) is 11.1 Å². The number of nitrogens with one attached hydrogen (secondary N) is 1. The Kier molecular flexibility index (Phi) is 9.69. The minimum Gasteiger partial charge on any atom is -0.394 e. The summed E-state index contributed by atoms with van der Waals surface area (Å²) in [6.07, 6.45) is -5.48. The van der Waals surface area contributed by atoms with Gasteiger partial charge in [0.15, 0.2) is 18.0 Å². The van der Waals surface area contributed by atoms with Gasteiger partial charge in [-0.15, -0.1) is 0 Å². The minimum absolute atomic E-state index is 0.0330. The molecule has 13 heteroatoms. The average Bonchev–Trinajstić information content (AvgIpc) is 3.34. The topological polar surface area (TPSA) is 200 Å². The second kappa shape index (κ2) is 13.8. The van der Waals surface area contributed by atoms with Crippen LogP contribution in [0.15, 0.2) is 84.9 Å². The fraction of sp³-hybridized carbons (Fsp3) is 0.361. The molecule has 0 aliphatic carbocycles. The van der Waals surface area contributed by atoms with E-state index in [1.54, 1.807) is 60.4 Å². The molecular formula is C36H39N3O10. The van der Waals surface area contributed by atoms with Gasteiger partial charge in [0, 0.05) is 35.8 Å². The SMILES string of the molecule is C[C@@H](/C=C/CC(=O)N1Cc2ccccc2C[C@H]1CO)[C@]1(O)C(=O)N(c2ccccc2)c2ccc(NC(=O)[C@H]3O[C@@H](O)[C@H](O)[C@@H](O)[C@@H]3O)cc21. The van der Waals surface area contributed by atoms with Gasteiger partial charge in [-0.25, -0.2) is 0 Å². The zero-order valence-corrected chi connectivity index (χ0v) is 26.7. The van der Waals surface area contributed by atoms with E-state index in [9.17, 15) is 45.0 Å². The fourth-order valence-electron chi connectivity index (χ4n) is 6.75. The van der Waals surface area contributed by atoms with Crippen LogP contribution in [0.5, 0.6) is 0 Å². The van der Waals surface area contributed by atoms with Crippen LogP contribution < -0.4 is 10.2 Å². The van der Waals surface area contributed by atoms with Gasteiger partial charge in [-0.05, 0) is 47.9 Å². The molecule has 3 amide bonds. The second-order valence-corrected chi connectivity index (χ2v) is 12.6. The van der Waals surface area contributed by atoms with Crippen molar-refractivity contribution in [1.29, 1.82) is 0 Å². The number of aliphatic hydroxyl groups is 6. The Bertz CT molecular complexity index is 1750. The number of hydrogen-bond donors (Lipinski definition) is 7. The van der Waals surface area contributed by atoms with Crippen molar-refractivity contribution in [2.24, 2.45) is 5.92 Å². The molecule has 3 aliphatic rings. The number of benzene rings is 3. The van der Waals surface area contributed by atoms with Gasteiger partial charge in [0.25, 0.3) is 11.8 Å². The molecule has 49 heavy (non-hydrogen) atoms. The summed E-state index contributed by atoms with van der Waals surface area (Å²) >= 11 is 0. The number of para-hydroxylation sites is 1. The second-order valence-electron chi connectivity index (χ2n) is 12.6. The van der Waals surface area contributed by atoms with Gasteiger partial charge in [-0.2, -0.15) is 0 Å². The van der Waals surface area contributed by atoms with Crippen LogP contribution in [0, 0.1) is 5.92 Å². The molecule has 0 spiro atoms. The third kappa shape index (κ3) is 6.26. The maximum absolute atomic E-state index is 14.1. The number of fused-ring (bicyclic) bond motifs is 2. The largest absolute Gasteiger partial charge is 0.394 e. The Balaban J connectivity index is 1.25. The van der Waals surface area contributed by atoms with Gasteiger partial charge in [-0.1, -0.05) is 61.5 Å². The lowest BCUT2D eigenvalue weighted by atomic mass is 9.82. The predicted molar refractivity (Wildman–Crippen MR) is 176 cm³/mol. The summed E-state index contributed by atoms with van der Waals surface area (Å²) in [5.74, 6) is -2.68. The lowest BCUT2D eigenvalue weighted by Gasteiger charge is -2.37. The summed E-state index contributed by atoms with van der Waals surface area (Å²) in [6.45, 7) is 1.81. The Morgan fingerprint density at radius 3 is 2.39 bits per heavy atom. The number of nitrogens with zero attached hydrogens (tertiary/aromatic N) is 2. The molecule has 3 aromatic rings. The minimum atomic E-state index is -2.14. The van der Waals surface area contributed by atoms with E-state index in [-0.39, 0.29) is 36.2 Å². The highest BCUT2D eigenvalue weighted by molar-refractivity contribution is 6.12. The Hall–Kier alpha value is -4.47. The number of amides is 3. The predicted octanol–water partition coefficient (Wildman–Crippen LogP) is 0.819. The van der Waals surface area contributed by atoms with E-state index >= 15 is 0 Å². The summed E-state index contributed by atoms with van der Waals surface area (Å²) in [5.41, 5.74) is 1.09. The maximum Gasteiger partial charge on any atom is 0.268 e. The van der Waals surface area contributed by atoms with Gasteiger partial charge in [0.2, 0.25) is 5.91 Å². The summed E-state index contributed by atoms with van der Waals surface area (Å²) in [4.78, 5) is 43.5. The van der Waals surface area contributed by atoms with E-state index in [4.69, 9.17) is 4.74 Å². The van der Waals surface area contributed by atoms with Crippen LogP contribution in [-0.4, -0.2) is 96.6 Å². The molecule has 8 atom stereocenters. The first-order chi connectivity index (χ1) is 23.4. The van der Waals surface area contributed by atoms with E-state index < -0.39 is 54.0 Å². The van der Waals surface area contributed by atoms with Crippen LogP contribution in [0.4, 0.5) is 17.1 Å². The highest BCUT2D eigenvalue weighted by atomic mass is 16.6. The van der Waals surface area contributed by atoms with Crippen molar-refractivity contribution in [2.75, 3.05) is 16.8 Å². The molecule has 258 valence electrons. The quantitative estimate of drug-likeness (QED) is 0.168. The lowest BCUT2D eigenvalue weighted by molar-refractivity contribution is -0.274. The average molecular weight is 674 g/mol. The number of anilines is 3. The molecule has 3 heterocycles. The molecule has 0 aromatic heterocycles. The van der Waals surface area contributed by atoms with Crippen LogP contribution in [0.3, 0.4) is 0 Å². The van der Waals surface area contributed by atoms with Crippen LogP contribution in [0.1, 0.15) is 30.0 Å². The number of carbonyl (C=O) groups is 3. The molecular weight excluding hydrogens is 634 g/mol. The first kappa shape index (κ1) is 34.4. The molecule has 3 aliphatic heterocycles. The van der Waals surface area contributed by atoms with Crippen LogP contribution in [0.2, 0.25) is 0 Å². The molecule has 1 fully saturated rings. The van der Waals surface area contributed by atoms with E-state index in [1.165, 1.54) is 17.0 Å². The van der Waals surface area contributed by atoms with E-state index in [1.807, 2.05) is 24.3 Å². The zero-order chi connectivity index (χ0) is 35.0. The first-order valence-electron chi connectivity index (χ1n) is 16.0. The molecule has 1 saturated heterocycles. The van der Waals surface area contributed by atoms with Crippen molar-refractivity contribution >= 4 is 34.8 Å². The molecule has 0 unspecified atom stereocenters. The number of aliphatic hydroxyl groups excluding tert-OH is 5. The third-order valence-electron chi connectivity index (χ3n) is 9.57. The normalized spacial score (nSPS) is 28.7. The van der Waals surface area contributed by atoms with Gasteiger partial charge in [0.05, 0.1) is 18.3 Å². The molecule has 0 saturated carbocycles. The Morgan fingerprint density at radius 2 is 1.67 bits per heavy atom. The Morgan fingerprint density at radius 1 is 0.980 bits per heavy atom. The van der Waals surface area contributed by atoms with Crippen molar-refractivity contribution < 1.29 is 49.8 Å². The van der Waals surface area contributed by atoms with Gasteiger partial charge in [0.1, 0.15) is 18.3 Å². The van der Waals surface area contributed by atoms with Crippen molar-refractivity contribution in [3.05, 3.63) is 102 Å². The van der Waals surface area contributed by atoms with Crippen molar-refractivity contribution in [2.45, 2.75) is 68.7 Å². The Labute approximate surface area is 282 Å². The van der Waals surface area contributed by atoms with Gasteiger partial charge >= 0.3 is 0 Å². The summed E-state index contributed by atoms with van der Waals surface area (Å²) < 4.78 is 5.04. The van der Waals surface area contributed by atoms with Crippen LogP contribution >= 0.6 is 0 Å². The maximum atomic E-state index is 14.1. The zero-order valence-electron chi connectivity index (χ0n) is 26.7. The standard InChI is InChI=1S/C36H39N3O10/c1-20(8-7-13-28(41)38-18-22-10-6-5-9-21(22)16-25(38)19-40)36(48)26-17-23(37-33(45)32-30(43)29(42)31(44)34(46)49-32)14-15-27(26)39(35(36)47)24-11-3-2-4-12-24/h2-12,14-15,17,20,25,29-32,34,40,42-44,46,48H,13,16,18-19H2,1H3,(H,37,45)/b8-7+/t20-,25-,29-,30-,31+,32-,34+,36+/m0/s1. The van der Waals surface area contributed by atoms with E-state index in [2.05, 4.69) is 5.32 Å². The molecule has 6 rings (SSSR count). The number of carbonyl (C=O) groups excluding carboxylic acids is 3. The monoisotopic (exact) mass is 673 g/mol. The number of rotatable bonds is 8. The van der Waals surface area contributed by atoms with E-state index in [0.29, 0.717) is 24.3 Å². The highest BCUT2D eigenvalue weighted by Gasteiger charge is 2.53. The third-order valence-corrected chi connectivity index (χ3v) is 9.57. The van der Waals surface area contributed by atoms with Gasteiger partial charge < -0.3 is 45.6 Å². The summed E-state index contributed by atoms with van der Waals surface area (Å²) in [6, 6.07) is 20.5. The molecule has 0 radical (unpaired) electrons. The van der Waals surface area contributed by atoms with Crippen LogP contribution in [0.25, 0.3) is 0 Å². The van der Waals surface area contributed by atoms with Crippen molar-refractivity contribution in [1.82, 2.24) is 4.90 Å². The van der Waals surface area contributed by atoms with Gasteiger partial charge in [-0.3, -0.25) is 19.3 Å². The molecule has 0 bridgehead atoms. The van der Waals surface area contributed by atoms with Crippen molar-refractivity contribution in [3.8, 4) is 0 Å². The highest BCUT2D eigenvalue weighted by Crippen LogP contribution is 2.49. The molecule has 7 N–H and O–H groups in total. The summed E-state index contributed by atoms with van der Waals surface area (Å²) in [7, 11) is 0. The molecule has 13 nitrogen and oxygen atoms in total. The first-order valence-corrected chi connectivity index (χ1v) is 16.0.